The molecule has 1 unspecified atom stereocenters. The van der Waals surface area contributed by atoms with E-state index in [2.05, 4.69) is 0 Å². The van der Waals surface area contributed by atoms with E-state index in [0.29, 0.717) is 24.7 Å². The topological polar surface area (TPSA) is 26.3 Å². The van der Waals surface area contributed by atoms with Gasteiger partial charge in [0.1, 0.15) is 5.78 Å². The number of Topliss-reactive ketones (excluding diaryl/α,β-unsaturated/α-hetero) is 1. The van der Waals surface area contributed by atoms with Crippen molar-refractivity contribution in [2.24, 2.45) is 0 Å². The van der Waals surface area contributed by atoms with E-state index in [4.69, 9.17) is 4.74 Å². The van der Waals surface area contributed by atoms with E-state index in [1.165, 1.54) is 12.8 Å². The molecule has 2 heteroatoms. The molecule has 1 aliphatic heterocycles. The fourth-order valence-corrected chi connectivity index (χ4v) is 2.27. The first-order valence-electron chi connectivity index (χ1n) is 6.52. The van der Waals surface area contributed by atoms with Crippen molar-refractivity contribution in [2.75, 3.05) is 6.61 Å². The lowest BCUT2D eigenvalue weighted by Gasteiger charge is -2.22. The fraction of sp³-hybridized carbons (Fsp3) is 0.533. The second-order valence-corrected chi connectivity index (χ2v) is 4.73. The van der Waals surface area contributed by atoms with E-state index in [1.54, 1.807) is 0 Å². The molecule has 0 amide bonds. The highest BCUT2D eigenvalue weighted by Gasteiger charge is 2.15. The summed E-state index contributed by atoms with van der Waals surface area (Å²) in [4.78, 5) is 11.8. The number of carbonyl (C=O) groups excluding carboxylic acids is 1. The molecule has 1 saturated heterocycles. The fourth-order valence-electron chi connectivity index (χ4n) is 2.27. The van der Waals surface area contributed by atoms with E-state index in [0.717, 1.165) is 25.0 Å². The summed E-state index contributed by atoms with van der Waals surface area (Å²) in [5.74, 6) is 0.324. The van der Waals surface area contributed by atoms with Crippen molar-refractivity contribution in [1.29, 1.82) is 0 Å². The Morgan fingerprint density at radius 3 is 2.76 bits per heavy atom. The van der Waals surface area contributed by atoms with E-state index in [9.17, 15) is 4.79 Å². The molecule has 0 aliphatic carbocycles. The minimum absolute atomic E-state index is 0.323. The molecular formula is C15H20O2. The van der Waals surface area contributed by atoms with Gasteiger partial charge in [0.2, 0.25) is 0 Å². The second kappa shape index (κ2) is 6.55. The smallest absolute Gasteiger partial charge is 0.137 e. The van der Waals surface area contributed by atoms with Crippen molar-refractivity contribution in [3.05, 3.63) is 35.9 Å². The molecule has 0 radical (unpaired) electrons. The molecule has 2 nitrogen and oxygen atoms in total. The summed E-state index contributed by atoms with van der Waals surface area (Å²) in [5.41, 5.74) is 1.11. The molecule has 1 atom stereocenters. The van der Waals surface area contributed by atoms with Crippen LogP contribution in [0.1, 0.15) is 37.7 Å². The van der Waals surface area contributed by atoms with Crippen LogP contribution in [0.25, 0.3) is 0 Å². The lowest BCUT2D eigenvalue weighted by atomic mass is 10.0. The van der Waals surface area contributed by atoms with E-state index >= 15 is 0 Å². The van der Waals surface area contributed by atoms with Crippen molar-refractivity contribution < 1.29 is 9.53 Å². The zero-order valence-corrected chi connectivity index (χ0v) is 10.2. The number of rotatable bonds is 5. The number of ether oxygens (including phenoxy) is 1. The highest BCUT2D eigenvalue weighted by molar-refractivity contribution is 5.80. The molecule has 92 valence electrons. The third-order valence-electron chi connectivity index (χ3n) is 3.26. The van der Waals surface area contributed by atoms with Crippen molar-refractivity contribution in [3.63, 3.8) is 0 Å². The van der Waals surface area contributed by atoms with Gasteiger partial charge in [0.25, 0.3) is 0 Å². The second-order valence-electron chi connectivity index (χ2n) is 4.73. The molecule has 0 spiro atoms. The average molecular weight is 232 g/mol. The maximum atomic E-state index is 11.8. The van der Waals surface area contributed by atoms with Gasteiger partial charge >= 0.3 is 0 Å². The molecule has 1 aromatic rings. The number of hydrogen-bond acceptors (Lipinski definition) is 2. The predicted molar refractivity (Wildman–Crippen MR) is 68.0 cm³/mol. The molecule has 1 heterocycles. The Hall–Kier alpha value is -1.15. The van der Waals surface area contributed by atoms with E-state index in [-0.39, 0.29) is 0 Å². The minimum atomic E-state index is 0.323. The first-order valence-corrected chi connectivity index (χ1v) is 6.52. The van der Waals surface area contributed by atoms with Gasteiger partial charge in [-0.25, -0.2) is 0 Å². The zero-order chi connectivity index (χ0) is 11.9. The van der Waals surface area contributed by atoms with Crippen LogP contribution in [-0.4, -0.2) is 18.5 Å². The van der Waals surface area contributed by atoms with Gasteiger partial charge in [0.15, 0.2) is 0 Å². The van der Waals surface area contributed by atoms with Crippen molar-refractivity contribution >= 4 is 5.78 Å². The zero-order valence-electron chi connectivity index (χ0n) is 10.2. The predicted octanol–water partition coefficient (Wildman–Crippen LogP) is 3.15. The maximum Gasteiger partial charge on any atom is 0.137 e. The Morgan fingerprint density at radius 2 is 2.06 bits per heavy atom. The van der Waals surface area contributed by atoms with Crippen LogP contribution < -0.4 is 0 Å². The highest BCUT2D eigenvalue weighted by Crippen LogP contribution is 2.17. The van der Waals surface area contributed by atoms with Gasteiger partial charge in [0, 0.05) is 19.4 Å². The van der Waals surface area contributed by atoms with Gasteiger partial charge in [-0.2, -0.15) is 0 Å². The molecule has 1 fully saturated rings. The molecule has 17 heavy (non-hydrogen) atoms. The van der Waals surface area contributed by atoms with Crippen LogP contribution in [0.2, 0.25) is 0 Å². The molecular weight excluding hydrogens is 212 g/mol. The van der Waals surface area contributed by atoms with E-state index in [1.807, 2.05) is 30.3 Å². The molecule has 1 aliphatic rings. The minimum Gasteiger partial charge on any atom is -0.378 e. The molecule has 0 saturated carbocycles. The molecule has 2 rings (SSSR count). The van der Waals surface area contributed by atoms with Gasteiger partial charge in [0.05, 0.1) is 6.10 Å². The summed E-state index contributed by atoms with van der Waals surface area (Å²) < 4.78 is 5.63. The van der Waals surface area contributed by atoms with Gasteiger partial charge in [-0.15, -0.1) is 0 Å². The third-order valence-corrected chi connectivity index (χ3v) is 3.26. The van der Waals surface area contributed by atoms with Crippen LogP contribution in [0.3, 0.4) is 0 Å². The average Bonchev–Trinajstić information content (AvgIpc) is 2.39. The van der Waals surface area contributed by atoms with Crippen LogP contribution in [0.15, 0.2) is 30.3 Å². The summed E-state index contributed by atoms with van der Waals surface area (Å²) in [7, 11) is 0. The number of carbonyl (C=O) groups is 1. The SMILES string of the molecule is O=C(CCC1CCCCO1)Cc1ccccc1. The molecule has 0 N–H and O–H groups in total. The largest absolute Gasteiger partial charge is 0.378 e. The van der Waals surface area contributed by atoms with Crippen molar-refractivity contribution in [1.82, 2.24) is 0 Å². The Morgan fingerprint density at radius 1 is 1.24 bits per heavy atom. The first kappa shape index (κ1) is 12.3. The number of hydrogen-bond donors (Lipinski definition) is 0. The Labute approximate surface area is 103 Å². The Balaban J connectivity index is 1.70. The molecule has 1 aromatic carbocycles. The molecule has 0 bridgehead atoms. The summed E-state index contributed by atoms with van der Waals surface area (Å²) >= 11 is 0. The molecule has 0 aromatic heterocycles. The van der Waals surface area contributed by atoms with Gasteiger partial charge in [-0.1, -0.05) is 30.3 Å². The van der Waals surface area contributed by atoms with Crippen molar-refractivity contribution in [2.45, 2.75) is 44.6 Å². The van der Waals surface area contributed by atoms with Crippen LogP contribution in [0.5, 0.6) is 0 Å². The van der Waals surface area contributed by atoms with Gasteiger partial charge in [-0.3, -0.25) is 4.79 Å². The summed E-state index contributed by atoms with van der Waals surface area (Å²) in [5, 5.41) is 0. The lowest BCUT2D eigenvalue weighted by molar-refractivity contribution is -0.119. The number of benzene rings is 1. The van der Waals surface area contributed by atoms with Crippen LogP contribution in [-0.2, 0) is 16.0 Å². The Kier molecular flexibility index (Phi) is 4.75. The summed E-state index contributed by atoms with van der Waals surface area (Å²) in [6.45, 7) is 0.873. The van der Waals surface area contributed by atoms with E-state index < -0.39 is 0 Å². The highest BCUT2D eigenvalue weighted by atomic mass is 16.5. The Bertz CT molecular complexity index is 339. The van der Waals surface area contributed by atoms with Crippen LogP contribution in [0.4, 0.5) is 0 Å². The van der Waals surface area contributed by atoms with Crippen LogP contribution >= 0.6 is 0 Å². The number of ketones is 1. The monoisotopic (exact) mass is 232 g/mol. The first-order chi connectivity index (χ1) is 8.34. The lowest BCUT2D eigenvalue weighted by Crippen LogP contribution is -2.20. The summed E-state index contributed by atoms with van der Waals surface area (Å²) in [6.07, 6.45) is 5.98. The summed E-state index contributed by atoms with van der Waals surface area (Å²) in [6, 6.07) is 9.95. The van der Waals surface area contributed by atoms with Gasteiger partial charge in [-0.05, 0) is 31.2 Å². The third kappa shape index (κ3) is 4.31. The quantitative estimate of drug-likeness (QED) is 0.779. The maximum absolute atomic E-state index is 11.8. The van der Waals surface area contributed by atoms with Gasteiger partial charge < -0.3 is 4.74 Å². The van der Waals surface area contributed by atoms with Crippen LogP contribution in [0, 0.1) is 0 Å². The normalized spacial score (nSPS) is 20.1. The standard InChI is InChI=1S/C15H20O2/c16-14(12-13-6-2-1-3-7-13)9-10-15-8-4-5-11-17-15/h1-3,6-7,15H,4-5,8-12H2. The van der Waals surface area contributed by atoms with Crippen molar-refractivity contribution in [3.8, 4) is 0 Å².